The monoisotopic (exact) mass is 495 g/mol. The fourth-order valence-corrected chi connectivity index (χ4v) is 5.25. The van der Waals surface area contributed by atoms with Crippen LogP contribution in [0, 0.1) is 11.7 Å². The maximum Gasteiger partial charge on any atom is 0.354 e. The Hall–Kier alpha value is -3.00. The molecule has 0 amide bonds. The maximum atomic E-state index is 13.6. The number of halogens is 1. The van der Waals surface area contributed by atoms with Crippen molar-refractivity contribution in [2.75, 3.05) is 37.6 Å². The van der Waals surface area contributed by atoms with Gasteiger partial charge in [0.15, 0.2) is 11.3 Å². The highest BCUT2D eigenvalue weighted by Crippen LogP contribution is 2.37. The number of rotatable bonds is 10. The number of carboxylic acid groups (broad SMARTS) is 1. The number of carbonyl (C=O) groups is 1. The lowest BCUT2D eigenvalue weighted by molar-refractivity contribution is 0.0691. The van der Waals surface area contributed by atoms with Crippen LogP contribution >= 0.6 is 0 Å². The Morgan fingerprint density at radius 2 is 1.83 bits per heavy atom. The molecule has 1 aliphatic rings. The molecule has 2 aromatic heterocycles. The van der Waals surface area contributed by atoms with E-state index in [0.717, 1.165) is 62.3 Å². The van der Waals surface area contributed by atoms with Gasteiger partial charge in [0, 0.05) is 13.1 Å². The van der Waals surface area contributed by atoms with E-state index in [2.05, 4.69) is 42.5 Å². The first kappa shape index (κ1) is 26.1. The second kappa shape index (κ2) is 11.4. The van der Waals surface area contributed by atoms with Crippen molar-refractivity contribution in [3.8, 4) is 5.69 Å². The third-order valence-corrected chi connectivity index (χ3v) is 7.42. The highest BCUT2D eigenvalue weighted by atomic mass is 19.1. The van der Waals surface area contributed by atoms with E-state index >= 15 is 0 Å². The van der Waals surface area contributed by atoms with Gasteiger partial charge in [-0.05, 0) is 87.5 Å². The first-order chi connectivity index (χ1) is 17.3. The number of hydrogen-bond donors (Lipinski definition) is 1. The Labute approximate surface area is 212 Å². The van der Waals surface area contributed by atoms with Crippen LogP contribution in [0.3, 0.4) is 0 Å². The van der Waals surface area contributed by atoms with Crippen LogP contribution in [0.15, 0.2) is 30.3 Å². The lowest BCUT2D eigenvalue weighted by atomic mass is 9.91. The molecule has 0 unspecified atom stereocenters. The van der Waals surface area contributed by atoms with Crippen molar-refractivity contribution in [3.63, 3.8) is 0 Å². The van der Waals surface area contributed by atoms with Crippen molar-refractivity contribution in [2.45, 2.75) is 59.3 Å². The topological polar surface area (TPSA) is 74.5 Å². The SMILES string of the molecule is CCN(CC)CCCC1CCN(c2cc(C(=O)O)nc3c2c(C(C)C)nn3-c2ccc(F)cc2)CC1. The number of benzene rings is 1. The number of pyridine rings is 1. The first-order valence-electron chi connectivity index (χ1n) is 13.2. The molecule has 194 valence electrons. The summed E-state index contributed by atoms with van der Waals surface area (Å²) in [7, 11) is 0. The zero-order valence-electron chi connectivity index (χ0n) is 21.9. The Morgan fingerprint density at radius 1 is 1.17 bits per heavy atom. The summed E-state index contributed by atoms with van der Waals surface area (Å²) in [5, 5.41) is 15.6. The van der Waals surface area contributed by atoms with Gasteiger partial charge in [0.2, 0.25) is 0 Å². The van der Waals surface area contributed by atoms with Crippen molar-refractivity contribution in [3.05, 3.63) is 47.5 Å². The normalized spacial score (nSPS) is 14.9. The molecule has 8 heteroatoms. The molecule has 0 radical (unpaired) electrons. The summed E-state index contributed by atoms with van der Waals surface area (Å²) in [5.41, 5.74) is 2.91. The number of piperidine rings is 1. The molecule has 1 N–H and O–H groups in total. The van der Waals surface area contributed by atoms with Gasteiger partial charge in [-0.25, -0.2) is 18.9 Å². The van der Waals surface area contributed by atoms with Gasteiger partial charge in [-0.15, -0.1) is 0 Å². The van der Waals surface area contributed by atoms with Gasteiger partial charge in [0.1, 0.15) is 5.82 Å². The summed E-state index contributed by atoms with van der Waals surface area (Å²) >= 11 is 0. The lowest BCUT2D eigenvalue weighted by Crippen LogP contribution is -2.34. The van der Waals surface area contributed by atoms with Crippen LogP contribution in [0.4, 0.5) is 10.1 Å². The molecule has 1 aromatic carbocycles. The van der Waals surface area contributed by atoms with Crippen molar-refractivity contribution in [1.82, 2.24) is 19.7 Å². The van der Waals surface area contributed by atoms with E-state index in [-0.39, 0.29) is 17.4 Å². The fourth-order valence-electron chi connectivity index (χ4n) is 5.25. The van der Waals surface area contributed by atoms with Crippen LogP contribution in [-0.2, 0) is 0 Å². The van der Waals surface area contributed by atoms with Crippen molar-refractivity contribution in [1.29, 1.82) is 0 Å². The van der Waals surface area contributed by atoms with Crippen molar-refractivity contribution >= 4 is 22.7 Å². The third-order valence-electron chi connectivity index (χ3n) is 7.42. The highest BCUT2D eigenvalue weighted by Gasteiger charge is 2.27. The summed E-state index contributed by atoms with van der Waals surface area (Å²) in [6, 6.07) is 7.75. The average molecular weight is 496 g/mol. The Morgan fingerprint density at radius 3 is 2.42 bits per heavy atom. The predicted octanol–water partition coefficient (Wildman–Crippen LogP) is 5.72. The Balaban J connectivity index is 1.65. The van der Waals surface area contributed by atoms with E-state index in [1.165, 1.54) is 25.0 Å². The van der Waals surface area contributed by atoms with Crippen LogP contribution in [-0.4, -0.2) is 63.5 Å². The summed E-state index contributed by atoms with van der Waals surface area (Å²) in [5.74, 6) is -0.593. The molecular weight excluding hydrogens is 457 g/mol. The second-order valence-electron chi connectivity index (χ2n) is 10.1. The molecule has 0 bridgehead atoms. The van der Waals surface area contributed by atoms with E-state index in [1.54, 1.807) is 22.9 Å². The molecule has 1 saturated heterocycles. The van der Waals surface area contributed by atoms with Gasteiger partial charge < -0.3 is 14.9 Å². The number of nitrogens with zero attached hydrogens (tertiary/aromatic N) is 5. The van der Waals surface area contributed by atoms with E-state index in [1.807, 2.05) is 0 Å². The number of aromatic carboxylic acids is 1. The Bertz CT molecular complexity index is 1180. The van der Waals surface area contributed by atoms with Gasteiger partial charge in [-0.1, -0.05) is 27.7 Å². The van der Waals surface area contributed by atoms with Crippen molar-refractivity contribution in [2.24, 2.45) is 5.92 Å². The van der Waals surface area contributed by atoms with E-state index in [9.17, 15) is 14.3 Å². The summed E-state index contributed by atoms with van der Waals surface area (Å²) in [6.07, 6.45) is 4.63. The van der Waals surface area contributed by atoms with Crippen LogP contribution in [0.5, 0.6) is 0 Å². The minimum atomic E-state index is -1.07. The van der Waals surface area contributed by atoms with Gasteiger partial charge in [-0.3, -0.25) is 0 Å². The quantitative estimate of drug-likeness (QED) is 0.388. The number of hydrogen-bond acceptors (Lipinski definition) is 5. The second-order valence-corrected chi connectivity index (χ2v) is 10.1. The summed E-state index contributed by atoms with van der Waals surface area (Å²) in [4.78, 5) is 21.3. The fraction of sp³-hybridized carbons (Fsp3) is 0.536. The zero-order valence-corrected chi connectivity index (χ0v) is 21.9. The van der Waals surface area contributed by atoms with E-state index < -0.39 is 5.97 Å². The van der Waals surface area contributed by atoms with Crippen molar-refractivity contribution < 1.29 is 14.3 Å². The number of carboxylic acids is 1. The van der Waals surface area contributed by atoms with Gasteiger partial charge >= 0.3 is 5.97 Å². The molecule has 7 nitrogen and oxygen atoms in total. The van der Waals surface area contributed by atoms with Crippen LogP contribution in [0.1, 0.15) is 75.5 Å². The summed E-state index contributed by atoms with van der Waals surface area (Å²) < 4.78 is 15.2. The number of fused-ring (bicyclic) bond motifs is 1. The first-order valence-corrected chi connectivity index (χ1v) is 13.2. The smallest absolute Gasteiger partial charge is 0.354 e. The van der Waals surface area contributed by atoms with Crippen LogP contribution in [0.2, 0.25) is 0 Å². The summed E-state index contributed by atoms with van der Waals surface area (Å²) in [6.45, 7) is 13.7. The van der Waals surface area contributed by atoms with E-state index in [4.69, 9.17) is 5.10 Å². The third kappa shape index (κ3) is 5.53. The number of aromatic nitrogens is 3. The zero-order chi connectivity index (χ0) is 25.8. The molecular formula is C28H38FN5O2. The highest BCUT2D eigenvalue weighted by molar-refractivity contribution is 5.98. The van der Waals surface area contributed by atoms with Gasteiger partial charge in [-0.2, -0.15) is 5.10 Å². The van der Waals surface area contributed by atoms with E-state index in [0.29, 0.717) is 17.3 Å². The standard InChI is InChI=1S/C28H38FN5O2/c1-5-32(6-2)15-7-8-20-13-16-33(17-14-20)24-18-23(28(35)36)30-27-25(24)26(19(3)4)31-34(27)22-11-9-21(29)10-12-22/h9-12,18-20H,5-8,13-17H2,1-4H3,(H,35,36). The van der Waals surface area contributed by atoms with Gasteiger partial charge in [0.25, 0.3) is 0 Å². The molecule has 0 saturated carbocycles. The van der Waals surface area contributed by atoms with Crippen LogP contribution in [0.25, 0.3) is 16.7 Å². The molecule has 0 atom stereocenters. The molecule has 0 spiro atoms. The molecule has 1 aliphatic heterocycles. The van der Waals surface area contributed by atoms with Gasteiger partial charge in [0.05, 0.1) is 22.5 Å². The minimum absolute atomic E-state index is 0.00239. The molecule has 1 fully saturated rings. The van der Waals surface area contributed by atoms with Crippen LogP contribution < -0.4 is 4.90 Å². The molecule has 36 heavy (non-hydrogen) atoms. The molecule has 0 aliphatic carbocycles. The lowest BCUT2D eigenvalue weighted by Gasteiger charge is -2.34. The maximum absolute atomic E-state index is 13.6. The average Bonchev–Trinajstić information content (AvgIpc) is 3.27. The molecule has 3 heterocycles. The Kier molecular flexibility index (Phi) is 8.24. The molecule has 4 rings (SSSR count). The molecule has 3 aromatic rings. The number of anilines is 1. The largest absolute Gasteiger partial charge is 0.477 e. The minimum Gasteiger partial charge on any atom is -0.477 e. The predicted molar refractivity (Wildman–Crippen MR) is 142 cm³/mol.